The predicted molar refractivity (Wildman–Crippen MR) is 109 cm³/mol. The molecule has 1 aliphatic carbocycles. The summed E-state index contributed by atoms with van der Waals surface area (Å²) in [5.41, 5.74) is 4.94. The Morgan fingerprint density at radius 3 is 2.81 bits per heavy atom. The highest BCUT2D eigenvalue weighted by molar-refractivity contribution is 5.50. The lowest BCUT2D eigenvalue weighted by Gasteiger charge is -2.33. The molecule has 1 N–H and O–H groups in total. The van der Waals surface area contributed by atoms with E-state index in [4.69, 9.17) is 9.97 Å². The molecule has 0 spiro atoms. The lowest BCUT2D eigenvalue weighted by molar-refractivity contribution is 0.278. The van der Waals surface area contributed by atoms with Crippen molar-refractivity contribution in [2.45, 2.75) is 64.9 Å². The molecule has 1 aromatic carbocycles. The van der Waals surface area contributed by atoms with Crippen molar-refractivity contribution < 1.29 is 5.11 Å². The maximum atomic E-state index is 10.2. The van der Waals surface area contributed by atoms with Gasteiger partial charge in [0.2, 0.25) is 0 Å². The van der Waals surface area contributed by atoms with Crippen molar-refractivity contribution in [3.8, 4) is 0 Å². The zero-order chi connectivity index (χ0) is 18.8. The Balaban J connectivity index is 1.69. The zero-order valence-electron chi connectivity index (χ0n) is 16.6. The van der Waals surface area contributed by atoms with Gasteiger partial charge in [-0.2, -0.15) is 0 Å². The van der Waals surface area contributed by atoms with Gasteiger partial charge in [0.1, 0.15) is 11.6 Å². The maximum absolute atomic E-state index is 10.2. The molecule has 1 saturated heterocycles. The number of aliphatic hydroxyl groups is 1. The molecule has 0 saturated carbocycles. The summed E-state index contributed by atoms with van der Waals surface area (Å²) < 4.78 is 0. The van der Waals surface area contributed by atoms with Crippen LogP contribution < -0.4 is 4.90 Å². The van der Waals surface area contributed by atoms with Crippen LogP contribution in [0.4, 0.5) is 5.82 Å². The molecule has 1 aliphatic heterocycles. The molecule has 2 unspecified atom stereocenters. The number of nitrogens with zero attached hydrogens (tertiary/aromatic N) is 3. The van der Waals surface area contributed by atoms with Crippen molar-refractivity contribution >= 4 is 5.82 Å². The number of aliphatic hydroxyl groups excluding tert-OH is 1. The lowest BCUT2D eigenvalue weighted by Crippen LogP contribution is -2.36. The highest BCUT2D eigenvalue weighted by atomic mass is 16.3. The van der Waals surface area contributed by atoms with Gasteiger partial charge in [-0.3, -0.25) is 0 Å². The molecule has 2 heterocycles. The summed E-state index contributed by atoms with van der Waals surface area (Å²) in [7, 11) is 0. The van der Waals surface area contributed by atoms with Gasteiger partial charge in [-0.15, -0.1) is 0 Å². The van der Waals surface area contributed by atoms with Gasteiger partial charge in [0, 0.05) is 25.1 Å². The summed E-state index contributed by atoms with van der Waals surface area (Å²) in [5.74, 6) is 3.06. The van der Waals surface area contributed by atoms with E-state index in [2.05, 4.69) is 43.0 Å². The van der Waals surface area contributed by atoms with Crippen molar-refractivity contribution in [1.29, 1.82) is 0 Å². The summed E-state index contributed by atoms with van der Waals surface area (Å²) in [6, 6.07) is 8.79. The van der Waals surface area contributed by atoms with Gasteiger partial charge < -0.3 is 10.0 Å². The normalized spacial score (nSPS) is 22.1. The summed E-state index contributed by atoms with van der Waals surface area (Å²) in [5, 5.41) is 10.2. The minimum atomic E-state index is 0.0217. The van der Waals surface area contributed by atoms with Crippen molar-refractivity contribution in [1.82, 2.24) is 9.97 Å². The van der Waals surface area contributed by atoms with Crippen LogP contribution in [0, 0.1) is 5.92 Å². The number of rotatable bonds is 5. The molecule has 144 valence electrons. The largest absolute Gasteiger partial charge is 0.391 e. The van der Waals surface area contributed by atoms with Gasteiger partial charge in [0.15, 0.2) is 0 Å². The van der Waals surface area contributed by atoms with Crippen LogP contribution in [0.25, 0.3) is 0 Å². The monoisotopic (exact) mass is 365 g/mol. The molecule has 2 atom stereocenters. The lowest BCUT2D eigenvalue weighted by atomic mass is 9.93. The van der Waals surface area contributed by atoms with E-state index in [0.29, 0.717) is 11.8 Å². The number of fused-ring (bicyclic) bond motifs is 1. The molecule has 2 aliphatic rings. The molecule has 27 heavy (non-hydrogen) atoms. The highest BCUT2D eigenvalue weighted by Gasteiger charge is 2.27. The van der Waals surface area contributed by atoms with Crippen LogP contribution in [0.2, 0.25) is 0 Å². The van der Waals surface area contributed by atoms with E-state index in [1.54, 1.807) is 0 Å². The standard InChI is InChI=1S/C23H31N3O/c1-3-22-24-21(13-18-11-10-17-8-4-5-9-19(17)18)20(15-27)23(25-22)26-12-6-7-16(2)14-26/h4-5,8-9,16,18,27H,3,6-7,10-15H2,1-2H3. The van der Waals surface area contributed by atoms with Gasteiger partial charge in [-0.05, 0) is 55.1 Å². The third-order valence-corrected chi connectivity index (χ3v) is 6.24. The number of hydrogen-bond acceptors (Lipinski definition) is 4. The Kier molecular flexibility index (Phi) is 5.44. The topological polar surface area (TPSA) is 49.3 Å². The van der Waals surface area contributed by atoms with Crippen LogP contribution in [0.15, 0.2) is 24.3 Å². The number of hydrogen-bond donors (Lipinski definition) is 1. The second kappa shape index (κ2) is 7.97. The molecule has 0 bridgehead atoms. The minimum absolute atomic E-state index is 0.0217. The summed E-state index contributed by atoms with van der Waals surface area (Å²) in [6.07, 6.45) is 6.53. The van der Waals surface area contributed by atoms with Gasteiger partial charge in [-0.25, -0.2) is 9.97 Å². The first kappa shape index (κ1) is 18.4. The molecular formula is C23H31N3O. The Labute approximate surface area is 162 Å². The van der Waals surface area contributed by atoms with Crippen LogP contribution >= 0.6 is 0 Å². The quantitative estimate of drug-likeness (QED) is 0.869. The van der Waals surface area contributed by atoms with E-state index < -0.39 is 0 Å². The average molecular weight is 366 g/mol. The Hall–Kier alpha value is -1.94. The Morgan fingerprint density at radius 1 is 1.19 bits per heavy atom. The summed E-state index contributed by atoms with van der Waals surface area (Å²) in [4.78, 5) is 12.1. The van der Waals surface area contributed by atoms with Crippen LogP contribution in [-0.4, -0.2) is 28.2 Å². The van der Waals surface area contributed by atoms with Crippen molar-refractivity contribution in [2.24, 2.45) is 5.92 Å². The number of piperidine rings is 1. The van der Waals surface area contributed by atoms with Gasteiger partial charge in [-0.1, -0.05) is 38.1 Å². The molecule has 2 aromatic rings. The number of anilines is 1. The fraction of sp³-hybridized carbons (Fsp3) is 0.565. The number of aromatic nitrogens is 2. The first-order chi connectivity index (χ1) is 13.2. The van der Waals surface area contributed by atoms with E-state index in [1.807, 2.05) is 0 Å². The number of aryl methyl sites for hydroxylation is 2. The first-order valence-corrected chi connectivity index (χ1v) is 10.5. The van der Waals surface area contributed by atoms with E-state index in [1.165, 1.54) is 30.4 Å². The zero-order valence-corrected chi connectivity index (χ0v) is 16.6. The van der Waals surface area contributed by atoms with Gasteiger partial charge in [0.05, 0.1) is 12.3 Å². The Bertz CT molecular complexity index is 804. The van der Waals surface area contributed by atoms with Gasteiger partial charge >= 0.3 is 0 Å². The fourth-order valence-electron chi connectivity index (χ4n) is 4.79. The smallest absolute Gasteiger partial charge is 0.138 e. The summed E-state index contributed by atoms with van der Waals surface area (Å²) >= 11 is 0. The predicted octanol–water partition coefficient (Wildman–Crippen LogP) is 4.04. The molecule has 0 radical (unpaired) electrons. The second-order valence-corrected chi connectivity index (χ2v) is 8.23. The third-order valence-electron chi connectivity index (χ3n) is 6.24. The molecule has 0 amide bonds. The van der Waals surface area contributed by atoms with Crippen LogP contribution in [0.3, 0.4) is 0 Å². The van der Waals surface area contributed by atoms with Crippen LogP contribution in [0.1, 0.15) is 67.2 Å². The fourth-order valence-corrected chi connectivity index (χ4v) is 4.79. The Morgan fingerprint density at radius 2 is 2.04 bits per heavy atom. The van der Waals surface area contributed by atoms with Crippen molar-refractivity contribution in [3.05, 3.63) is 52.5 Å². The van der Waals surface area contributed by atoms with Crippen LogP contribution in [-0.2, 0) is 25.9 Å². The molecule has 1 aromatic heterocycles. The maximum Gasteiger partial charge on any atom is 0.138 e. The summed E-state index contributed by atoms with van der Waals surface area (Å²) in [6.45, 7) is 6.50. The third kappa shape index (κ3) is 3.73. The van der Waals surface area contributed by atoms with Crippen molar-refractivity contribution in [2.75, 3.05) is 18.0 Å². The molecular weight excluding hydrogens is 334 g/mol. The minimum Gasteiger partial charge on any atom is -0.391 e. The number of benzene rings is 1. The van der Waals surface area contributed by atoms with Crippen molar-refractivity contribution in [3.63, 3.8) is 0 Å². The molecule has 4 nitrogen and oxygen atoms in total. The van der Waals surface area contributed by atoms with E-state index >= 15 is 0 Å². The molecule has 4 heteroatoms. The highest BCUT2D eigenvalue weighted by Crippen LogP contribution is 2.37. The molecule has 4 rings (SSSR count). The average Bonchev–Trinajstić information content (AvgIpc) is 3.10. The van der Waals surface area contributed by atoms with E-state index in [9.17, 15) is 5.11 Å². The van der Waals surface area contributed by atoms with E-state index in [-0.39, 0.29) is 6.61 Å². The molecule has 1 fully saturated rings. The first-order valence-electron chi connectivity index (χ1n) is 10.5. The van der Waals surface area contributed by atoms with E-state index in [0.717, 1.165) is 55.3 Å². The second-order valence-electron chi connectivity index (χ2n) is 8.23. The van der Waals surface area contributed by atoms with Crippen LogP contribution in [0.5, 0.6) is 0 Å². The van der Waals surface area contributed by atoms with Gasteiger partial charge in [0.25, 0.3) is 0 Å². The SMILES string of the molecule is CCc1nc(CC2CCc3ccccc32)c(CO)c(N2CCCC(C)C2)n1.